The summed E-state index contributed by atoms with van der Waals surface area (Å²) in [7, 11) is 0. The van der Waals surface area contributed by atoms with Crippen molar-refractivity contribution in [3.05, 3.63) is 70.4 Å². The normalized spacial score (nSPS) is 15.9. The molecule has 0 atom stereocenters. The van der Waals surface area contributed by atoms with Gasteiger partial charge in [0.1, 0.15) is 11.6 Å². The molecule has 4 rings (SSSR count). The van der Waals surface area contributed by atoms with Gasteiger partial charge in [-0.15, -0.1) is 0 Å². The number of H-pyrrole nitrogens is 1. The quantitative estimate of drug-likeness (QED) is 0.750. The van der Waals surface area contributed by atoms with Crippen LogP contribution in [0.4, 0.5) is 0 Å². The lowest BCUT2D eigenvalue weighted by atomic mass is 9.93. The number of aromatic amines is 1. The van der Waals surface area contributed by atoms with E-state index in [9.17, 15) is 4.79 Å². The molecule has 7 heteroatoms. The van der Waals surface area contributed by atoms with Crippen LogP contribution in [0, 0.1) is 12.8 Å². The van der Waals surface area contributed by atoms with Crippen molar-refractivity contribution in [2.45, 2.75) is 32.7 Å². The fourth-order valence-corrected chi connectivity index (χ4v) is 3.68. The van der Waals surface area contributed by atoms with Crippen LogP contribution in [0.5, 0.6) is 0 Å². The highest BCUT2D eigenvalue weighted by Crippen LogP contribution is 2.22. The molecule has 3 aromatic rings. The summed E-state index contributed by atoms with van der Waals surface area (Å²) in [5, 5.41) is 6.88. The van der Waals surface area contributed by atoms with E-state index in [1.54, 1.807) is 4.57 Å². The van der Waals surface area contributed by atoms with Crippen LogP contribution in [0.15, 0.2) is 47.5 Å². The number of benzene rings is 1. The molecule has 0 saturated carbocycles. The molecule has 0 amide bonds. The maximum absolute atomic E-state index is 12.2. The van der Waals surface area contributed by atoms with Gasteiger partial charge in [-0.3, -0.25) is 4.90 Å². The van der Waals surface area contributed by atoms with Gasteiger partial charge in [0.25, 0.3) is 0 Å². The van der Waals surface area contributed by atoms with Crippen molar-refractivity contribution < 1.29 is 0 Å². The largest absolute Gasteiger partial charge is 0.347 e. The van der Waals surface area contributed by atoms with Crippen LogP contribution < -0.4 is 5.69 Å². The monoisotopic (exact) mass is 364 g/mol. The number of aryl methyl sites for hydroxylation is 1. The van der Waals surface area contributed by atoms with Gasteiger partial charge in [0.15, 0.2) is 0 Å². The van der Waals surface area contributed by atoms with Crippen LogP contribution in [0.25, 0.3) is 5.69 Å². The van der Waals surface area contributed by atoms with E-state index >= 15 is 0 Å². The van der Waals surface area contributed by atoms with E-state index in [0.717, 1.165) is 61.8 Å². The van der Waals surface area contributed by atoms with Gasteiger partial charge in [-0.05, 0) is 50.9 Å². The summed E-state index contributed by atoms with van der Waals surface area (Å²) in [4.78, 5) is 23.2. The molecule has 3 heterocycles. The van der Waals surface area contributed by atoms with Crippen LogP contribution in [-0.4, -0.2) is 42.7 Å². The van der Waals surface area contributed by atoms with Crippen molar-refractivity contribution in [1.29, 1.82) is 0 Å². The topological polar surface area (TPSA) is 79.7 Å². The lowest BCUT2D eigenvalue weighted by Crippen LogP contribution is -2.34. The number of para-hydroxylation sites is 1. The third-order valence-electron chi connectivity index (χ3n) is 5.18. The number of hydrogen-bond acceptors (Lipinski definition) is 5. The maximum atomic E-state index is 12.2. The van der Waals surface area contributed by atoms with E-state index in [1.807, 2.05) is 49.6 Å². The van der Waals surface area contributed by atoms with Crippen molar-refractivity contribution >= 4 is 0 Å². The number of likely N-dealkylation sites (tertiary alicyclic amines) is 1. The summed E-state index contributed by atoms with van der Waals surface area (Å²) in [6.07, 6.45) is 6.84. The number of hydrogen-bond donors (Lipinski definition) is 1. The van der Waals surface area contributed by atoms with Crippen LogP contribution in [0.3, 0.4) is 0 Å². The molecule has 140 valence electrons. The van der Waals surface area contributed by atoms with Crippen molar-refractivity contribution in [3.8, 4) is 5.69 Å². The first-order chi connectivity index (χ1) is 13.2. The van der Waals surface area contributed by atoms with E-state index in [1.165, 1.54) is 0 Å². The van der Waals surface area contributed by atoms with Crippen molar-refractivity contribution in [2.24, 2.45) is 5.92 Å². The summed E-state index contributed by atoms with van der Waals surface area (Å²) in [5.41, 5.74) is 1.85. The van der Waals surface area contributed by atoms with Crippen LogP contribution in [0.1, 0.15) is 30.1 Å². The van der Waals surface area contributed by atoms with Gasteiger partial charge in [-0.25, -0.2) is 24.4 Å². The summed E-state index contributed by atoms with van der Waals surface area (Å²) in [6, 6.07) is 9.69. The van der Waals surface area contributed by atoms with Gasteiger partial charge in [0.2, 0.25) is 0 Å². The minimum Gasteiger partial charge on any atom is -0.299 e. The molecular weight excluding hydrogens is 340 g/mol. The first kappa shape index (κ1) is 17.6. The molecule has 2 aromatic heterocycles. The molecule has 1 aliphatic rings. The highest BCUT2D eigenvalue weighted by molar-refractivity contribution is 5.32. The molecule has 0 unspecified atom stereocenters. The second-order valence-corrected chi connectivity index (χ2v) is 7.18. The Morgan fingerprint density at radius 3 is 2.52 bits per heavy atom. The molecule has 1 N–H and O–H groups in total. The molecule has 0 spiro atoms. The van der Waals surface area contributed by atoms with E-state index in [2.05, 4.69) is 25.1 Å². The fraction of sp³-hybridized carbons (Fsp3) is 0.400. The Balaban J connectivity index is 1.37. The second-order valence-electron chi connectivity index (χ2n) is 7.18. The molecule has 1 saturated heterocycles. The lowest BCUT2D eigenvalue weighted by Gasteiger charge is -2.31. The average Bonchev–Trinajstić information content (AvgIpc) is 3.06. The summed E-state index contributed by atoms with van der Waals surface area (Å²) >= 11 is 0. The smallest absolute Gasteiger partial charge is 0.299 e. The number of aromatic nitrogens is 5. The molecule has 27 heavy (non-hydrogen) atoms. The van der Waals surface area contributed by atoms with Gasteiger partial charge >= 0.3 is 5.69 Å². The molecule has 0 radical (unpaired) electrons. The van der Waals surface area contributed by atoms with Crippen molar-refractivity contribution in [2.75, 3.05) is 13.1 Å². The molecule has 0 bridgehead atoms. The zero-order chi connectivity index (χ0) is 18.6. The SMILES string of the molecule is Cc1ncc(CN2CCC(Cc3n[nH]c(=O)n3-c3ccccc3)CC2)cn1. The van der Waals surface area contributed by atoms with E-state index in [4.69, 9.17) is 0 Å². The Bertz CT molecular complexity index is 923. The molecular formula is C20H24N6O. The van der Waals surface area contributed by atoms with Crippen LogP contribution in [-0.2, 0) is 13.0 Å². The number of nitrogens with one attached hydrogen (secondary N) is 1. The third-order valence-corrected chi connectivity index (χ3v) is 5.18. The molecule has 0 aliphatic carbocycles. The van der Waals surface area contributed by atoms with Gasteiger partial charge in [0, 0.05) is 30.9 Å². The van der Waals surface area contributed by atoms with E-state index < -0.39 is 0 Å². The first-order valence-electron chi connectivity index (χ1n) is 9.40. The maximum Gasteiger partial charge on any atom is 0.347 e. The van der Waals surface area contributed by atoms with Gasteiger partial charge < -0.3 is 0 Å². The predicted molar refractivity (Wildman–Crippen MR) is 103 cm³/mol. The van der Waals surface area contributed by atoms with E-state index in [-0.39, 0.29) is 5.69 Å². The Morgan fingerprint density at radius 1 is 1.11 bits per heavy atom. The predicted octanol–water partition coefficient (Wildman–Crippen LogP) is 2.11. The Labute approximate surface area is 158 Å². The molecule has 1 fully saturated rings. The van der Waals surface area contributed by atoms with Crippen molar-refractivity contribution in [3.63, 3.8) is 0 Å². The summed E-state index contributed by atoms with van der Waals surface area (Å²) in [5.74, 6) is 2.16. The highest BCUT2D eigenvalue weighted by atomic mass is 16.1. The number of piperidine rings is 1. The average molecular weight is 364 g/mol. The Morgan fingerprint density at radius 2 is 1.81 bits per heavy atom. The van der Waals surface area contributed by atoms with Crippen molar-refractivity contribution in [1.82, 2.24) is 29.6 Å². The molecule has 7 nitrogen and oxygen atoms in total. The number of nitrogens with zero attached hydrogens (tertiary/aromatic N) is 5. The third kappa shape index (κ3) is 4.14. The highest BCUT2D eigenvalue weighted by Gasteiger charge is 2.22. The lowest BCUT2D eigenvalue weighted by molar-refractivity contribution is 0.175. The Hall–Kier alpha value is -2.80. The van der Waals surface area contributed by atoms with Gasteiger partial charge in [0.05, 0.1) is 5.69 Å². The second kappa shape index (κ2) is 7.84. The molecule has 1 aliphatic heterocycles. The van der Waals surface area contributed by atoms with Gasteiger partial charge in [-0.2, -0.15) is 5.10 Å². The first-order valence-corrected chi connectivity index (χ1v) is 9.40. The fourth-order valence-electron chi connectivity index (χ4n) is 3.68. The standard InChI is InChI=1S/C20H24N6O/c1-15-21-12-17(13-22-15)14-25-9-7-16(8-10-25)11-19-23-24-20(27)26(19)18-5-3-2-4-6-18/h2-6,12-13,16H,7-11,14H2,1H3,(H,24,27). The van der Waals surface area contributed by atoms with Crippen LogP contribution in [0.2, 0.25) is 0 Å². The minimum absolute atomic E-state index is 0.173. The summed E-state index contributed by atoms with van der Waals surface area (Å²) < 4.78 is 1.69. The minimum atomic E-state index is -0.173. The zero-order valence-corrected chi connectivity index (χ0v) is 15.5. The Kier molecular flexibility index (Phi) is 5.11. The van der Waals surface area contributed by atoms with E-state index in [0.29, 0.717) is 5.92 Å². The van der Waals surface area contributed by atoms with Gasteiger partial charge in [-0.1, -0.05) is 18.2 Å². The van der Waals surface area contributed by atoms with Crippen LogP contribution >= 0.6 is 0 Å². The molecule has 1 aromatic carbocycles. The summed E-state index contributed by atoms with van der Waals surface area (Å²) in [6.45, 7) is 4.88. The number of rotatable bonds is 5. The zero-order valence-electron chi connectivity index (χ0n) is 15.5.